The quantitative estimate of drug-likeness (QED) is 0.788. The van der Waals surface area contributed by atoms with Gasteiger partial charge in [0.2, 0.25) is 0 Å². The number of carbonyl (C=O) groups excluding carboxylic acids is 1. The Morgan fingerprint density at radius 2 is 1.87 bits per heavy atom. The van der Waals surface area contributed by atoms with Gasteiger partial charge in [-0.3, -0.25) is 9.59 Å². The molecule has 0 aliphatic heterocycles. The molecule has 0 saturated heterocycles. The Bertz CT molecular complexity index is 592. The van der Waals surface area contributed by atoms with Crippen LogP contribution in [0.5, 0.6) is 0 Å². The second kappa shape index (κ2) is 4.94. The fourth-order valence-electron chi connectivity index (χ4n) is 6.97. The summed E-state index contributed by atoms with van der Waals surface area (Å²) in [5.74, 6) is 1.46. The molecule has 1 N–H and O–H groups in total. The van der Waals surface area contributed by atoms with Gasteiger partial charge in [-0.1, -0.05) is 19.4 Å². The Hall–Kier alpha value is -1.12. The van der Waals surface area contributed by atoms with Gasteiger partial charge in [0.25, 0.3) is 0 Å². The molecule has 0 radical (unpaired) electrons. The molecule has 0 aromatic rings. The zero-order chi connectivity index (χ0) is 16.4. The maximum absolute atomic E-state index is 11.8. The highest BCUT2D eigenvalue weighted by atomic mass is 16.4. The maximum Gasteiger partial charge on any atom is 0.307 e. The van der Waals surface area contributed by atoms with Crippen molar-refractivity contribution in [2.45, 2.75) is 65.2 Å². The summed E-state index contributed by atoms with van der Waals surface area (Å²) in [6.07, 6.45) is 9.99. The van der Waals surface area contributed by atoms with Crippen molar-refractivity contribution in [2.75, 3.05) is 0 Å². The number of fused-ring (bicyclic) bond motifs is 5. The number of carboxylic acids is 1. The van der Waals surface area contributed by atoms with Crippen molar-refractivity contribution >= 4 is 11.8 Å². The van der Waals surface area contributed by atoms with Gasteiger partial charge in [-0.05, 0) is 79.6 Å². The summed E-state index contributed by atoms with van der Waals surface area (Å²) in [6, 6.07) is 0. The predicted octanol–water partition coefficient (Wildman–Crippen LogP) is 4.22. The monoisotopic (exact) mass is 316 g/mol. The van der Waals surface area contributed by atoms with Gasteiger partial charge < -0.3 is 5.11 Å². The molecular formula is C20H28O3. The van der Waals surface area contributed by atoms with Crippen LogP contribution in [0.2, 0.25) is 0 Å². The predicted molar refractivity (Wildman–Crippen MR) is 87.8 cm³/mol. The van der Waals surface area contributed by atoms with Crippen molar-refractivity contribution in [2.24, 2.45) is 34.5 Å². The molecule has 0 amide bonds. The lowest BCUT2D eigenvalue weighted by molar-refractivity contribution is -0.149. The molecule has 4 rings (SSSR count). The molecular weight excluding hydrogens is 288 g/mol. The Morgan fingerprint density at radius 1 is 1.09 bits per heavy atom. The summed E-state index contributed by atoms with van der Waals surface area (Å²) < 4.78 is 0. The molecule has 3 heteroatoms. The van der Waals surface area contributed by atoms with Crippen LogP contribution in [0.15, 0.2) is 11.6 Å². The van der Waals surface area contributed by atoms with Gasteiger partial charge in [0.1, 0.15) is 0 Å². The van der Waals surface area contributed by atoms with Crippen molar-refractivity contribution in [3.63, 3.8) is 0 Å². The van der Waals surface area contributed by atoms with Gasteiger partial charge in [-0.25, -0.2) is 0 Å². The van der Waals surface area contributed by atoms with E-state index in [1.54, 1.807) is 0 Å². The van der Waals surface area contributed by atoms with Gasteiger partial charge >= 0.3 is 5.97 Å². The van der Waals surface area contributed by atoms with E-state index >= 15 is 0 Å². The van der Waals surface area contributed by atoms with E-state index in [9.17, 15) is 14.7 Å². The van der Waals surface area contributed by atoms with Crippen LogP contribution in [0, 0.1) is 34.5 Å². The first-order valence-corrected chi connectivity index (χ1v) is 9.33. The van der Waals surface area contributed by atoms with Crippen LogP contribution in [0.4, 0.5) is 0 Å². The summed E-state index contributed by atoms with van der Waals surface area (Å²) in [4.78, 5) is 23.5. The van der Waals surface area contributed by atoms with E-state index in [4.69, 9.17) is 0 Å². The highest BCUT2D eigenvalue weighted by molar-refractivity contribution is 5.91. The lowest BCUT2D eigenvalue weighted by atomic mass is 9.47. The molecule has 23 heavy (non-hydrogen) atoms. The minimum Gasteiger partial charge on any atom is -0.481 e. The minimum atomic E-state index is -0.584. The lowest BCUT2D eigenvalue weighted by Crippen LogP contribution is -2.51. The largest absolute Gasteiger partial charge is 0.481 e. The number of hydrogen-bond donors (Lipinski definition) is 1. The first-order chi connectivity index (χ1) is 10.9. The molecule has 0 heterocycles. The molecule has 4 aliphatic rings. The smallest absolute Gasteiger partial charge is 0.307 e. The van der Waals surface area contributed by atoms with Crippen LogP contribution in [-0.4, -0.2) is 16.9 Å². The summed E-state index contributed by atoms with van der Waals surface area (Å²) in [6.45, 7) is 4.63. The fourth-order valence-corrected chi connectivity index (χ4v) is 6.97. The van der Waals surface area contributed by atoms with Crippen molar-refractivity contribution in [1.29, 1.82) is 0 Å². The Kier molecular flexibility index (Phi) is 3.31. The van der Waals surface area contributed by atoms with E-state index in [1.165, 1.54) is 5.57 Å². The van der Waals surface area contributed by atoms with Gasteiger partial charge in [0.05, 0.1) is 5.92 Å². The van der Waals surface area contributed by atoms with E-state index in [0.29, 0.717) is 30.0 Å². The van der Waals surface area contributed by atoms with Crippen LogP contribution in [-0.2, 0) is 9.59 Å². The molecule has 0 aromatic carbocycles. The number of hydrogen-bond acceptors (Lipinski definition) is 2. The number of aliphatic carboxylic acids is 1. The Balaban J connectivity index is 1.67. The SMILES string of the molecule is CC12CCC(=O)C=C1CCC1C2CC[C@@]2(C)C1CC[C@@H]2C(=O)O. The molecule has 6 atom stereocenters. The van der Waals surface area contributed by atoms with Gasteiger partial charge in [-0.2, -0.15) is 0 Å². The molecule has 0 spiro atoms. The van der Waals surface area contributed by atoms with E-state index in [0.717, 1.165) is 44.9 Å². The minimum absolute atomic E-state index is 0.00490. The zero-order valence-corrected chi connectivity index (χ0v) is 14.3. The molecule has 3 saturated carbocycles. The summed E-state index contributed by atoms with van der Waals surface area (Å²) in [5.41, 5.74) is 1.58. The van der Waals surface area contributed by atoms with Gasteiger partial charge in [-0.15, -0.1) is 0 Å². The second-order valence-electron chi connectivity index (χ2n) is 8.98. The average molecular weight is 316 g/mol. The van der Waals surface area contributed by atoms with Gasteiger partial charge in [0.15, 0.2) is 5.78 Å². The van der Waals surface area contributed by atoms with E-state index in [1.807, 2.05) is 6.08 Å². The van der Waals surface area contributed by atoms with Crippen LogP contribution in [0.3, 0.4) is 0 Å². The molecule has 4 unspecified atom stereocenters. The maximum atomic E-state index is 11.8. The normalized spacial score (nSPS) is 49.0. The highest BCUT2D eigenvalue weighted by Crippen LogP contribution is 2.66. The third-order valence-corrected chi connectivity index (χ3v) is 8.26. The third-order valence-electron chi connectivity index (χ3n) is 8.26. The Labute approximate surface area is 138 Å². The summed E-state index contributed by atoms with van der Waals surface area (Å²) in [5, 5.41) is 9.63. The summed E-state index contributed by atoms with van der Waals surface area (Å²) >= 11 is 0. The molecule has 0 aromatic heterocycles. The molecule has 4 aliphatic carbocycles. The molecule has 126 valence electrons. The van der Waals surface area contributed by atoms with Crippen molar-refractivity contribution in [3.8, 4) is 0 Å². The number of allylic oxidation sites excluding steroid dienone is 1. The number of rotatable bonds is 1. The average Bonchev–Trinajstić information content (AvgIpc) is 2.85. The van der Waals surface area contributed by atoms with Gasteiger partial charge in [0, 0.05) is 6.42 Å². The second-order valence-corrected chi connectivity index (χ2v) is 8.98. The van der Waals surface area contributed by atoms with E-state index in [-0.39, 0.29) is 16.7 Å². The standard InChI is InChI=1S/C20H28O3/c1-19-9-7-13(21)11-12(19)3-4-14-15-5-6-17(18(22)23)20(15,2)10-8-16(14)19/h11,14-17H,3-10H2,1-2H3,(H,22,23)/t14?,15?,16?,17-,19?,20+/m1/s1. The highest BCUT2D eigenvalue weighted by Gasteiger charge is 2.60. The zero-order valence-electron chi connectivity index (χ0n) is 14.3. The van der Waals surface area contributed by atoms with Crippen LogP contribution in [0.1, 0.15) is 65.2 Å². The number of carbonyl (C=O) groups is 2. The van der Waals surface area contributed by atoms with Crippen molar-refractivity contribution in [1.82, 2.24) is 0 Å². The first-order valence-electron chi connectivity index (χ1n) is 9.33. The van der Waals surface area contributed by atoms with Crippen LogP contribution < -0.4 is 0 Å². The molecule has 3 fully saturated rings. The number of ketones is 1. The first kappa shape index (κ1) is 15.4. The topological polar surface area (TPSA) is 54.4 Å². The molecule has 0 bridgehead atoms. The van der Waals surface area contributed by atoms with E-state index < -0.39 is 5.97 Å². The lowest BCUT2D eigenvalue weighted by Gasteiger charge is -2.57. The summed E-state index contributed by atoms with van der Waals surface area (Å²) in [7, 11) is 0. The van der Waals surface area contributed by atoms with Crippen LogP contribution in [0.25, 0.3) is 0 Å². The van der Waals surface area contributed by atoms with Crippen molar-refractivity contribution in [3.05, 3.63) is 11.6 Å². The molecule has 3 nitrogen and oxygen atoms in total. The van der Waals surface area contributed by atoms with E-state index in [2.05, 4.69) is 13.8 Å². The Morgan fingerprint density at radius 3 is 2.61 bits per heavy atom. The fraction of sp³-hybridized carbons (Fsp3) is 0.800. The number of carboxylic acid groups (broad SMARTS) is 1. The third kappa shape index (κ3) is 2.01. The van der Waals surface area contributed by atoms with Crippen LogP contribution >= 0.6 is 0 Å². The van der Waals surface area contributed by atoms with Crippen molar-refractivity contribution < 1.29 is 14.7 Å².